The number of amides is 3. The summed E-state index contributed by atoms with van der Waals surface area (Å²) in [6.07, 6.45) is 3.34. The quantitative estimate of drug-likeness (QED) is 0.847. The van der Waals surface area contributed by atoms with Crippen LogP contribution in [-0.2, 0) is 22.4 Å². The van der Waals surface area contributed by atoms with Gasteiger partial charge in [0.05, 0.1) is 11.3 Å². The molecule has 130 valence electrons. The Kier molecular flexibility index (Phi) is 4.05. The summed E-state index contributed by atoms with van der Waals surface area (Å²) in [5, 5.41) is 12.8. The normalized spacial score (nSPS) is 15.9. The van der Waals surface area contributed by atoms with Crippen LogP contribution < -0.4 is 10.2 Å². The van der Waals surface area contributed by atoms with E-state index in [1.807, 2.05) is 0 Å². The van der Waals surface area contributed by atoms with E-state index in [1.165, 1.54) is 16.2 Å². The molecule has 0 spiro atoms. The van der Waals surface area contributed by atoms with E-state index in [2.05, 4.69) is 11.4 Å². The van der Waals surface area contributed by atoms with Gasteiger partial charge in [-0.3, -0.25) is 19.3 Å². The number of nitrogens with zero attached hydrogens (tertiary/aromatic N) is 2. The zero-order chi connectivity index (χ0) is 18.3. The first kappa shape index (κ1) is 16.5. The number of imide groups is 1. The lowest BCUT2D eigenvalue weighted by Crippen LogP contribution is -2.28. The van der Waals surface area contributed by atoms with E-state index in [0.29, 0.717) is 21.8 Å². The summed E-state index contributed by atoms with van der Waals surface area (Å²) in [5.74, 6) is -0.759. The molecule has 1 N–H and O–H groups in total. The Morgan fingerprint density at radius 1 is 1.08 bits per heavy atom. The predicted octanol–water partition coefficient (Wildman–Crippen LogP) is 3.01. The van der Waals surface area contributed by atoms with Crippen LogP contribution in [0, 0.1) is 11.3 Å². The highest BCUT2D eigenvalue weighted by Gasteiger charge is 2.30. The lowest BCUT2D eigenvalue weighted by atomic mass is 10.1. The molecule has 3 amide bonds. The molecule has 7 heteroatoms. The van der Waals surface area contributed by atoms with Gasteiger partial charge in [-0.05, 0) is 49.1 Å². The van der Waals surface area contributed by atoms with Crippen LogP contribution in [0.25, 0.3) is 0 Å². The lowest BCUT2D eigenvalue weighted by Gasteiger charge is -2.14. The number of nitriles is 1. The van der Waals surface area contributed by atoms with Crippen molar-refractivity contribution < 1.29 is 14.4 Å². The number of anilines is 2. The van der Waals surface area contributed by atoms with Crippen LogP contribution in [-0.4, -0.2) is 17.7 Å². The van der Waals surface area contributed by atoms with Gasteiger partial charge in [-0.25, -0.2) is 0 Å². The smallest absolute Gasteiger partial charge is 0.256 e. The van der Waals surface area contributed by atoms with Gasteiger partial charge in [-0.1, -0.05) is 0 Å². The molecule has 0 saturated carbocycles. The number of thiophene rings is 1. The van der Waals surface area contributed by atoms with Gasteiger partial charge in [-0.15, -0.1) is 11.3 Å². The molecule has 4 rings (SSSR count). The summed E-state index contributed by atoms with van der Waals surface area (Å²) in [6, 6.07) is 8.55. The van der Waals surface area contributed by atoms with Crippen LogP contribution in [0.15, 0.2) is 24.3 Å². The van der Waals surface area contributed by atoms with E-state index >= 15 is 0 Å². The van der Waals surface area contributed by atoms with Crippen molar-refractivity contribution in [2.45, 2.75) is 32.1 Å². The summed E-state index contributed by atoms with van der Waals surface area (Å²) in [5.41, 5.74) is 2.52. The molecule has 2 heterocycles. The van der Waals surface area contributed by atoms with Crippen molar-refractivity contribution in [3.63, 3.8) is 0 Å². The monoisotopic (exact) mass is 365 g/mol. The van der Waals surface area contributed by atoms with E-state index in [0.717, 1.165) is 29.7 Å². The lowest BCUT2D eigenvalue weighted by molar-refractivity contribution is -0.121. The number of fused-ring (bicyclic) bond motifs is 1. The molecule has 2 aliphatic rings. The molecule has 1 aromatic heterocycles. The summed E-state index contributed by atoms with van der Waals surface area (Å²) in [7, 11) is 0. The number of hydrogen-bond donors (Lipinski definition) is 1. The molecular formula is C19H15N3O3S. The Balaban J connectivity index is 1.54. The Morgan fingerprint density at radius 2 is 1.77 bits per heavy atom. The van der Waals surface area contributed by atoms with Gasteiger partial charge in [0.2, 0.25) is 11.8 Å². The molecule has 1 aliphatic carbocycles. The number of aryl methyl sites for hydroxylation is 1. The highest BCUT2D eigenvalue weighted by molar-refractivity contribution is 7.16. The fourth-order valence-electron chi connectivity index (χ4n) is 3.41. The molecule has 0 unspecified atom stereocenters. The fraction of sp³-hybridized carbons (Fsp3) is 0.263. The molecular weight excluding hydrogens is 350 g/mol. The first-order valence-corrected chi connectivity index (χ1v) is 9.22. The minimum absolute atomic E-state index is 0.223. The average Bonchev–Trinajstić information content (AvgIpc) is 3.30. The van der Waals surface area contributed by atoms with Crippen molar-refractivity contribution in [3.05, 3.63) is 45.8 Å². The van der Waals surface area contributed by atoms with Gasteiger partial charge in [0.15, 0.2) is 0 Å². The average molecular weight is 365 g/mol. The third-order valence-electron chi connectivity index (χ3n) is 4.70. The van der Waals surface area contributed by atoms with Crippen LogP contribution in [0.3, 0.4) is 0 Å². The van der Waals surface area contributed by atoms with Gasteiger partial charge >= 0.3 is 0 Å². The van der Waals surface area contributed by atoms with E-state index in [-0.39, 0.29) is 30.6 Å². The van der Waals surface area contributed by atoms with Crippen molar-refractivity contribution in [1.82, 2.24) is 0 Å². The molecule has 0 radical (unpaired) electrons. The molecule has 1 aliphatic heterocycles. The molecule has 0 bridgehead atoms. The number of nitrogens with one attached hydrogen (secondary N) is 1. The van der Waals surface area contributed by atoms with Crippen LogP contribution >= 0.6 is 11.3 Å². The second kappa shape index (κ2) is 6.39. The van der Waals surface area contributed by atoms with Gasteiger partial charge in [0, 0.05) is 23.3 Å². The number of carbonyl (C=O) groups is 3. The van der Waals surface area contributed by atoms with Gasteiger partial charge < -0.3 is 5.32 Å². The number of carbonyl (C=O) groups excluding carboxylic acids is 3. The predicted molar refractivity (Wildman–Crippen MR) is 97.2 cm³/mol. The fourth-order valence-corrected chi connectivity index (χ4v) is 4.65. The molecule has 6 nitrogen and oxygen atoms in total. The maximum Gasteiger partial charge on any atom is 0.256 e. The summed E-state index contributed by atoms with van der Waals surface area (Å²) in [6.45, 7) is 0. The van der Waals surface area contributed by atoms with Crippen molar-refractivity contribution in [2.75, 3.05) is 10.2 Å². The summed E-state index contributed by atoms with van der Waals surface area (Å²) < 4.78 is 0. The van der Waals surface area contributed by atoms with Crippen LogP contribution in [0.4, 0.5) is 10.7 Å². The Bertz CT molecular complexity index is 953. The highest BCUT2D eigenvalue weighted by atomic mass is 32.1. The first-order valence-electron chi connectivity index (χ1n) is 8.40. The van der Waals surface area contributed by atoms with Crippen LogP contribution in [0.1, 0.15) is 45.6 Å². The Hall–Kier alpha value is -2.98. The zero-order valence-corrected chi connectivity index (χ0v) is 14.7. The maximum absolute atomic E-state index is 12.5. The Morgan fingerprint density at radius 3 is 2.42 bits per heavy atom. The third kappa shape index (κ3) is 2.68. The van der Waals surface area contributed by atoms with E-state index < -0.39 is 0 Å². The van der Waals surface area contributed by atoms with Gasteiger partial charge in [-0.2, -0.15) is 5.26 Å². The SMILES string of the molecule is N#Cc1c(NC(=O)c2ccc(N3C(=O)CCC3=O)cc2)sc2c1CCC2. The molecule has 1 saturated heterocycles. The van der Waals surface area contributed by atoms with Crippen LogP contribution in [0.2, 0.25) is 0 Å². The largest absolute Gasteiger partial charge is 0.312 e. The van der Waals surface area contributed by atoms with E-state index in [1.54, 1.807) is 24.3 Å². The zero-order valence-electron chi connectivity index (χ0n) is 13.9. The third-order valence-corrected chi connectivity index (χ3v) is 5.91. The van der Waals surface area contributed by atoms with E-state index in [4.69, 9.17) is 0 Å². The maximum atomic E-state index is 12.5. The molecule has 2 aromatic rings. The summed E-state index contributed by atoms with van der Waals surface area (Å²) >= 11 is 1.47. The molecule has 1 fully saturated rings. The standard InChI is InChI=1S/C19H15N3O3S/c20-10-14-13-2-1-3-15(13)26-19(14)21-18(25)11-4-6-12(7-5-11)22-16(23)8-9-17(22)24/h4-7H,1-3,8-9H2,(H,21,25). The highest BCUT2D eigenvalue weighted by Crippen LogP contribution is 2.38. The minimum atomic E-state index is -0.313. The minimum Gasteiger partial charge on any atom is -0.312 e. The summed E-state index contributed by atoms with van der Waals surface area (Å²) in [4.78, 5) is 38.4. The molecule has 26 heavy (non-hydrogen) atoms. The second-order valence-electron chi connectivity index (χ2n) is 6.30. The van der Waals surface area contributed by atoms with Gasteiger partial charge in [0.1, 0.15) is 11.1 Å². The number of rotatable bonds is 3. The van der Waals surface area contributed by atoms with Crippen molar-refractivity contribution >= 4 is 39.7 Å². The number of hydrogen-bond acceptors (Lipinski definition) is 5. The van der Waals surface area contributed by atoms with Crippen molar-refractivity contribution in [3.8, 4) is 6.07 Å². The van der Waals surface area contributed by atoms with Gasteiger partial charge in [0.25, 0.3) is 5.91 Å². The Labute approximate surface area is 154 Å². The van der Waals surface area contributed by atoms with Crippen LogP contribution in [0.5, 0.6) is 0 Å². The number of benzene rings is 1. The molecule has 0 atom stereocenters. The topological polar surface area (TPSA) is 90.3 Å². The first-order chi connectivity index (χ1) is 12.6. The molecule has 1 aromatic carbocycles. The van der Waals surface area contributed by atoms with Crippen molar-refractivity contribution in [1.29, 1.82) is 5.26 Å². The van der Waals surface area contributed by atoms with Crippen molar-refractivity contribution in [2.24, 2.45) is 0 Å². The van der Waals surface area contributed by atoms with E-state index in [9.17, 15) is 19.6 Å². The second-order valence-corrected chi connectivity index (χ2v) is 7.40.